The van der Waals surface area contributed by atoms with Gasteiger partial charge in [-0.25, -0.2) is 0 Å². The quantitative estimate of drug-likeness (QED) is 0.595. The number of hydrogen-bond acceptors (Lipinski definition) is 1. The molecule has 3 N–H and O–H groups in total. The van der Waals surface area contributed by atoms with Crippen molar-refractivity contribution >= 4 is 11.9 Å². The number of anilines is 1. The van der Waals surface area contributed by atoms with Crippen molar-refractivity contribution in [2.24, 2.45) is 0 Å². The highest BCUT2D eigenvalue weighted by molar-refractivity contribution is 5.62. The highest BCUT2D eigenvalue weighted by Gasteiger charge is 1.90. The summed E-state index contributed by atoms with van der Waals surface area (Å²) >= 11 is 0. The van der Waals surface area contributed by atoms with E-state index in [9.17, 15) is 0 Å². The SMILES string of the molecule is C=C/C=C\c1cc[nH]c1N. The molecule has 2 nitrogen and oxygen atoms in total. The Bertz CT molecular complexity index is 246. The Hall–Kier alpha value is -1.44. The summed E-state index contributed by atoms with van der Waals surface area (Å²) in [6, 6.07) is 1.91. The molecule has 0 aliphatic heterocycles. The molecular weight excluding hydrogens is 124 g/mol. The van der Waals surface area contributed by atoms with Crippen LogP contribution >= 0.6 is 0 Å². The lowest BCUT2D eigenvalue weighted by Crippen LogP contribution is -1.84. The Kier molecular flexibility index (Phi) is 1.95. The van der Waals surface area contributed by atoms with E-state index in [1.165, 1.54) is 0 Å². The summed E-state index contributed by atoms with van der Waals surface area (Å²) in [5.41, 5.74) is 6.54. The van der Waals surface area contributed by atoms with Gasteiger partial charge in [-0.2, -0.15) is 0 Å². The van der Waals surface area contributed by atoms with Gasteiger partial charge >= 0.3 is 0 Å². The predicted molar refractivity (Wildman–Crippen MR) is 44.4 cm³/mol. The first kappa shape index (κ1) is 6.68. The van der Waals surface area contributed by atoms with E-state index in [-0.39, 0.29) is 0 Å². The average molecular weight is 134 g/mol. The fourth-order valence-corrected chi connectivity index (χ4v) is 0.711. The van der Waals surface area contributed by atoms with Gasteiger partial charge in [0.1, 0.15) is 5.82 Å². The third-order valence-electron chi connectivity index (χ3n) is 1.22. The van der Waals surface area contributed by atoms with Crippen LogP contribution in [0.3, 0.4) is 0 Å². The number of nitrogens with one attached hydrogen (secondary N) is 1. The summed E-state index contributed by atoms with van der Waals surface area (Å²) < 4.78 is 0. The van der Waals surface area contributed by atoms with E-state index in [2.05, 4.69) is 11.6 Å². The predicted octanol–water partition coefficient (Wildman–Crippen LogP) is 1.80. The lowest BCUT2D eigenvalue weighted by molar-refractivity contribution is 1.41. The minimum atomic E-state index is 0.693. The number of aromatic amines is 1. The van der Waals surface area contributed by atoms with Crippen LogP contribution in [0.4, 0.5) is 5.82 Å². The van der Waals surface area contributed by atoms with Crippen LogP contribution in [0.25, 0.3) is 6.08 Å². The molecule has 0 fully saturated rings. The van der Waals surface area contributed by atoms with E-state index in [1.807, 2.05) is 18.2 Å². The van der Waals surface area contributed by atoms with Crippen molar-refractivity contribution in [3.8, 4) is 0 Å². The van der Waals surface area contributed by atoms with Crippen LogP contribution in [0, 0.1) is 0 Å². The molecule has 0 aliphatic carbocycles. The van der Waals surface area contributed by atoms with Crippen LogP contribution in [-0.2, 0) is 0 Å². The maximum absolute atomic E-state index is 5.54. The van der Waals surface area contributed by atoms with Gasteiger partial charge in [-0.15, -0.1) is 0 Å². The molecule has 0 bridgehead atoms. The van der Waals surface area contributed by atoms with Crippen molar-refractivity contribution in [2.75, 3.05) is 5.73 Å². The summed E-state index contributed by atoms with van der Waals surface area (Å²) in [4.78, 5) is 2.87. The van der Waals surface area contributed by atoms with E-state index < -0.39 is 0 Å². The molecule has 52 valence electrons. The van der Waals surface area contributed by atoms with Crippen LogP contribution in [0.15, 0.2) is 31.0 Å². The van der Waals surface area contributed by atoms with Crippen molar-refractivity contribution in [1.82, 2.24) is 4.98 Å². The van der Waals surface area contributed by atoms with Crippen LogP contribution in [0.5, 0.6) is 0 Å². The molecule has 0 amide bonds. The van der Waals surface area contributed by atoms with Gasteiger partial charge in [-0.1, -0.05) is 24.8 Å². The number of rotatable bonds is 2. The molecule has 1 heterocycles. The van der Waals surface area contributed by atoms with Gasteiger partial charge in [-0.05, 0) is 6.07 Å². The zero-order valence-corrected chi connectivity index (χ0v) is 5.67. The average Bonchev–Trinajstić information content (AvgIpc) is 2.31. The van der Waals surface area contributed by atoms with Gasteiger partial charge in [0.2, 0.25) is 0 Å². The molecule has 0 radical (unpaired) electrons. The second-order valence-electron chi connectivity index (χ2n) is 1.94. The van der Waals surface area contributed by atoms with Crippen LogP contribution in [0.1, 0.15) is 5.56 Å². The normalized spacial score (nSPS) is 10.4. The molecule has 0 saturated heterocycles. The van der Waals surface area contributed by atoms with E-state index in [1.54, 1.807) is 12.3 Å². The monoisotopic (exact) mass is 134 g/mol. The third kappa shape index (κ3) is 1.29. The smallest absolute Gasteiger partial charge is 0.107 e. The minimum absolute atomic E-state index is 0.693. The second-order valence-corrected chi connectivity index (χ2v) is 1.94. The first-order chi connectivity index (χ1) is 4.84. The molecule has 0 aliphatic rings. The fraction of sp³-hybridized carbons (Fsp3) is 0. The number of nitrogen functional groups attached to an aromatic ring is 1. The Morgan fingerprint density at radius 1 is 1.60 bits per heavy atom. The molecular formula is C8H10N2. The number of allylic oxidation sites excluding steroid dienone is 2. The number of nitrogens with two attached hydrogens (primary N) is 1. The van der Waals surface area contributed by atoms with Gasteiger partial charge in [0.25, 0.3) is 0 Å². The molecule has 0 spiro atoms. The minimum Gasteiger partial charge on any atom is -0.385 e. The van der Waals surface area contributed by atoms with Crippen molar-refractivity contribution in [1.29, 1.82) is 0 Å². The topological polar surface area (TPSA) is 41.8 Å². The van der Waals surface area contributed by atoms with Crippen LogP contribution in [-0.4, -0.2) is 4.98 Å². The van der Waals surface area contributed by atoms with Crippen LogP contribution < -0.4 is 5.73 Å². The van der Waals surface area contributed by atoms with Crippen molar-refractivity contribution in [3.63, 3.8) is 0 Å². The van der Waals surface area contributed by atoms with Crippen molar-refractivity contribution in [3.05, 3.63) is 36.6 Å². The highest BCUT2D eigenvalue weighted by Crippen LogP contribution is 2.09. The van der Waals surface area contributed by atoms with Crippen molar-refractivity contribution < 1.29 is 0 Å². The first-order valence-electron chi connectivity index (χ1n) is 3.06. The first-order valence-corrected chi connectivity index (χ1v) is 3.06. The zero-order chi connectivity index (χ0) is 7.40. The van der Waals surface area contributed by atoms with Gasteiger partial charge in [0, 0.05) is 11.8 Å². The summed E-state index contributed by atoms with van der Waals surface area (Å²) in [6.45, 7) is 3.55. The molecule has 0 atom stereocenters. The largest absolute Gasteiger partial charge is 0.385 e. The van der Waals surface area contributed by atoms with E-state index in [0.29, 0.717) is 5.82 Å². The Labute approximate surface area is 60.1 Å². The van der Waals surface area contributed by atoms with E-state index in [4.69, 9.17) is 5.73 Å². The third-order valence-corrected chi connectivity index (χ3v) is 1.22. The maximum atomic E-state index is 5.54. The standard InChI is InChI=1S/C8H10N2/c1-2-3-4-7-5-6-10-8(7)9/h2-6,10H,1,9H2/b4-3-. The molecule has 0 aromatic carbocycles. The lowest BCUT2D eigenvalue weighted by Gasteiger charge is -1.86. The van der Waals surface area contributed by atoms with Gasteiger partial charge in [0.15, 0.2) is 0 Å². The molecule has 0 saturated carbocycles. The number of H-pyrrole nitrogens is 1. The zero-order valence-electron chi connectivity index (χ0n) is 5.67. The summed E-state index contributed by atoms with van der Waals surface area (Å²) in [6.07, 6.45) is 7.27. The highest BCUT2D eigenvalue weighted by atomic mass is 14.8. The van der Waals surface area contributed by atoms with E-state index in [0.717, 1.165) is 5.56 Å². The van der Waals surface area contributed by atoms with Gasteiger partial charge in [0.05, 0.1) is 0 Å². The van der Waals surface area contributed by atoms with Crippen LogP contribution in [0.2, 0.25) is 0 Å². The Balaban J connectivity index is 2.83. The maximum Gasteiger partial charge on any atom is 0.107 e. The Morgan fingerprint density at radius 3 is 2.90 bits per heavy atom. The molecule has 1 aromatic rings. The fourth-order valence-electron chi connectivity index (χ4n) is 0.711. The Morgan fingerprint density at radius 2 is 2.40 bits per heavy atom. The van der Waals surface area contributed by atoms with Crippen molar-refractivity contribution in [2.45, 2.75) is 0 Å². The molecule has 10 heavy (non-hydrogen) atoms. The lowest BCUT2D eigenvalue weighted by atomic mass is 10.3. The second kappa shape index (κ2) is 2.92. The molecule has 1 aromatic heterocycles. The molecule has 1 rings (SSSR count). The number of aromatic nitrogens is 1. The van der Waals surface area contributed by atoms with Gasteiger partial charge < -0.3 is 10.7 Å². The summed E-state index contributed by atoms with van der Waals surface area (Å²) in [5, 5.41) is 0. The molecule has 0 unspecified atom stereocenters. The molecule has 2 heteroatoms. The van der Waals surface area contributed by atoms with E-state index >= 15 is 0 Å². The summed E-state index contributed by atoms with van der Waals surface area (Å²) in [5.74, 6) is 0.693. The summed E-state index contributed by atoms with van der Waals surface area (Å²) in [7, 11) is 0. The van der Waals surface area contributed by atoms with Gasteiger partial charge in [-0.3, -0.25) is 0 Å². The number of hydrogen-bond donors (Lipinski definition) is 2.